The van der Waals surface area contributed by atoms with E-state index < -0.39 is 0 Å². The zero-order chi connectivity index (χ0) is 24.6. The fraction of sp³-hybridized carbons (Fsp3) is 0.385. The van der Waals surface area contributed by atoms with Gasteiger partial charge < -0.3 is 25.6 Å². The number of amides is 4. The zero-order valence-corrected chi connectivity index (χ0v) is 19.5. The molecule has 1 heterocycles. The summed E-state index contributed by atoms with van der Waals surface area (Å²) in [5, 5.41) is 8.27. The molecule has 35 heavy (non-hydrogen) atoms. The fourth-order valence-corrected chi connectivity index (χ4v) is 3.78. The van der Waals surface area contributed by atoms with Gasteiger partial charge in [-0.3, -0.25) is 19.2 Å². The zero-order valence-electron chi connectivity index (χ0n) is 19.5. The first-order valence-corrected chi connectivity index (χ1v) is 11.9. The van der Waals surface area contributed by atoms with Crippen molar-refractivity contribution in [3.8, 4) is 5.75 Å². The lowest BCUT2D eigenvalue weighted by atomic mass is 10.1. The van der Waals surface area contributed by atoms with Crippen LogP contribution in [0.1, 0.15) is 41.6 Å². The largest absolute Gasteiger partial charge is 0.484 e. The molecule has 1 aliphatic carbocycles. The Hall–Kier alpha value is -3.88. The van der Waals surface area contributed by atoms with Crippen molar-refractivity contribution in [3.63, 3.8) is 0 Å². The maximum Gasteiger partial charge on any atom is 0.258 e. The summed E-state index contributed by atoms with van der Waals surface area (Å²) >= 11 is 0. The highest BCUT2D eigenvalue weighted by molar-refractivity contribution is 5.98. The van der Waals surface area contributed by atoms with Gasteiger partial charge in [-0.25, -0.2) is 0 Å². The van der Waals surface area contributed by atoms with Gasteiger partial charge in [0.1, 0.15) is 5.75 Å². The van der Waals surface area contributed by atoms with Gasteiger partial charge in [0.25, 0.3) is 11.8 Å². The third-order valence-corrected chi connectivity index (χ3v) is 5.90. The number of benzene rings is 2. The van der Waals surface area contributed by atoms with Crippen molar-refractivity contribution in [2.75, 3.05) is 31.1 Å². The van der Waals surface area contributed by atoms with E-state index in [9.17, 15) is 19.2 Å². The van der Waals surface area contributed by atoms with Crippen LogP contribution in [0.3, 0.4) is 0 Å². The molecule has 0 bridgehead atoms. The van der Waals surface area contributed by atoms with E-state index >= 15 is 0 Å². The summed E-state index contributed by atoms with van der Waals surface area (Å²) in [7, 11) is 0. The number of rotatable bonds is 11. The average molecular weight is 479 g/mol. The third kappa shape index (κ3) is 7.30. The highest BCUT2D eigenvalue weighted by atomic mass is 16.5. The molecule has 0 atom stereocenters. The van der Waals surface area contributed by atoms with Crippen LogP contribution in [0, 0.1) is 0 Å². The third-order valence-electron chi connectivity index (χ3n) is 5.90. The van der Waals surface area contributed by atoms with Gasteiger partial charge in [-0.05, 0) is 67.6 Å². The summed E-state index contributed by atoms with van der Waals surface area (Å²) in [6.07, 6.45) is 4.10. The van der Waals surface area contributed by atoms with Gasteiger partial charge in [0.05, 0.1) is 6.54 Å². The number of hydrogen-bond acceptors (Lipinski definition) is 5. The standard InChI is InChI=1S/C26H30N4O5/c31-23(16-28-26(34)19-5-9-21(10-6-19)30-15-1-2-25(30)33)27-14-13-18-3-11-22(12-4-18)35-17-24(32)29-20-7-8-20/h3-6,9-12,20H,1-2,7-8,13-17H2,(H,27,31)(H,28,34)(H,29,32). The summed E-state index contributed by atoms with van der Waals surface area (Å²) in [6, 6.07) is 14.5. The molecule has 2 aromatic rings. The van der Waals surface area contributed by atoms with Gasteiger partial charge in [0.2, 0.25) is 11.8 Å². The van der Waals surface area contributed by atoms with E-state index in [1.165, 1.54) is 0 Å². The van der Waals surface area contributed by atoms with Crippen molar-refractivity contribution in [1.82, 2.24) is 16.0 Å². The molecular weight excluding hydrogens is 448 g/mol. The molecule has 1 saturated carbocycles. The molecule has 9 heteroatoms. The second-order valence-electron chi connectivity index (χ2n) is 8.75. The van der Waals surface area contributed by atoms with Crippen molar-refractivity contribution >= 4 is 29.3 Å². The van der Waals surface area contributed by atoms with Crippen molar-refractivity contribution < 1.29 is 23.9 Å². The van der Waals surface area contributed by atoms with Crippen LogP contribution >= 0.6 is 0 Å². The van der Waals surface area contributed by atoms with E-state index in [1.807, 2.05) is 12.1 Å². The topological polar surface area (TPSA) is 117 Å². The lowest BCUT2D eigenvalue weighted by Gasteiger charge is -2.15. The van der Waals surface area contributed by atoms with Crippen LogP contribution in [0.5, 0.6) is 5.75 Å². The van der Waals surface area contributed by atoms with Gasteiger partial charge in [-0.1, -0.05) is 12.1 Å². The van der Waals surface area contributed by atoms with Crippen LogP contribution in [0.4, 0.5) is 5.69 Å². The molecule has 1 saturated heterocycles. The molecular formula is C26H30N4O5. The minimum absolute atomic E-state index is 0.000112. The first-order chi connectivity index (χ1) is 17.0. The number of ether oxygens (including phenoxy) is 1. The number of nitrogens with one attached hydrogen (secondary N) is 3. The molecule has 0 spiro atoms. The minimum Gasteiger partial charge on any atom is -0.484 e. The summed E-state index contributed by atoms with van der Waals surface area (Å²) < 4.78 is 5.48. The van der Waals surface area contributed by atoms with Gasteiger partial charge >= 0.3 is 0 Å². The highest BCUT2D eigenvalue weighted by Crippen LogP contribution is 2.21. The molecule has 4 rings (SSSR count). The van der Waals surface area contributed by atoms with Crippen molar-refractivity contribution in [2.24, 2.45) is 0 Å². The van der Waals surface area contributed by atoms with E-state index in [4.69, 9.17) is 4.74 Å². The quantitative estimate of drug-likeness (QED) is 0.453. The minimum atomic E-state index is -0.346. The molecule has 2 fully saturated rings. The molecule has 0 radical (unpaired) electrons. The number of anilines is 1. The second kappa shape index (κ2) is 11.5. The van der Waals surface area contributed by atoms with Crippen LogP contribution in [-0.4, -0.2) is 55.9 Å². The van der Waals surface area contributed by atoms with E-state index in [0.29, 0.717) is 43.3 Å². The molecule has 0 unspecified atom stereocenters. The average Bonchev–Trinajstić information content (AvgIpc) is 3.58. The molecule has 1 aliphatic heterocycles. The van der Waals surface area contributed by atoms with Gasteiger partial charge in [-0.15, -0.1) is 0 Å². The molecule has 9 nitrogen and oxygen atoms in total. The van der Waals surface area contributed by atoms with E-state index in [0.717, 1.165) is 30.5 Å². The van der Waals surface area contributed by atoms with Crippen molar-refractivity contribution in [1.29, 1.82) is 0 Å². The number of carbonyl (C=O) groups excluding carboxylic acids is 4. The molecule has 4 amide bonds. The van der Waals surface area contributed by atoms with Crippen LogP contribution in [0.2, 0.25) is 0 Å². The summed E-state index contributed by atoms with van der Waals surface area (Å²) in [5.74, 6) is -0.0232. The SMILES string of the molecule is O=C(CNC(=O)c1ccc(N2CCCC2=O)cc1)NCCc1ccc(OCC(=O)NC2CC2)cc1. The van der Waals surface area contributed by atoms with Gasteiger partial charge in [-0.2, -0.15) is 0 Å². The lowest BCUT2D eigenvalue weighted by molar-refractivity contribution is -0.123. The first kappa shape index (κ1) is 24.3. The molecule has 2 aliphatic rings. The van der Waals surface area contributed by atoms with Crippen molar-refractivity contribution in [2.45, 2.75) is 38.1 Å². The lowest BCUT2D eigenvalue weighted by Crippen LogP contribution is -2.37. The Kier molecular flexibility index (Phi) is 7.97. The van der Waals surface area contributed by atoms with Crippen LogP contribution in [0.15, 0.2) is 48.5 Å². The van der Waals surface area contributed by atoms with Gasteiger partial charge in [0, 0.05) is 36.8 Å². The maximum absolute atomic E-state index is 12.3. The normalized spacial score (nSPS) is 15.0. The number of carbonyl (C=O) groups is 4. The van der Waals surface area contributed by atoms with Crippen LogP contribution < -0.4 is 25.6 Å². The Balaban J connectivity index is 1.12. The number of hydrogen-bond donors (Lipinski definition) is 3. The van der Waals surface area contributed by atoms with Gasteiger partial charge in [0.15, 0.2) is 6.61 Å². The number of nitrogens with zero attached hydrogens (tertiary/aromatic N) is 1. The monoisotopic (exact) mass is 478 g/mol. The fourth-order valence-electron chi connectivity index (χ4n) is 3.78. The molecule has 3 N–H and O–H groups in total. The maximum atomic E-state index is 12.3. The smallest absolute Gasteiger partial charge is 0.258 e. The Bertz CT molecular complexity index is 1060. The first-order valence-electron chi connectivity index (χ1n) is 11.9. The molecule has 0 aromatic heterocycles. The van der Waals surface area contributed by atoms with E-state index in [1.54, 1.807) is 41.3 Å². The van der Waals surface area contributed by atoms with Crippen LogP contribution in [-0.2, 0) is 20.8 Å². The summed E-state index contributed by atoms with van der Waals surface area (Å²) in [6.45, 7) is 1.000. The summed E-state index contributed by atoms with van der Waals surface area (Å²) in [4.78, 5) is 49.6. The predicted molar refractivity (Wildman–Crippen MR) is 130 cm³/mol. The Morgan fingerprint density at radius 2 is 1.69 bits per heavy atom. The Morgan fingerprint density at radius 3 is 2.34 bits per heavy atom. The summed E-state index contributed by atoms with van der Waals surface area (Å²) in [5.41, 5.74) is 2.22. The second-order valence-corrected chi connectivity index (χ2v) is 8.75. The van der Waals surface area contributed by atoms with Crippen molar-refractivity contribution in [3.05, 3.63) is 59.7 Å². The Labute approximate surface area is 204 Å². The van der Waals surface area contributed by atoms with Crippen LogP contribution in [0.25, 0.3) is 0 Å². The Morgan fingerprint density at radius 1 is 0.943 bits per heavy atom. The highest BCUT2D eigenvalue weighted by Gasteiger charge is 2.23. The molecule has 184 valence electrons. The molecule has 2 aromatic carbocycles. The van der Waals surface area contributed by atoms with E-state index in [2.05, 4.69) is 16.0 Å². The predicted octanol–water partition coefficient (Wildman–Crippen LogP) is 1.56. The van der Waals surface area contributed by atoms with E-state index in [-0.39, 0.29) is 36.8 Å².